The minimum Gasteiger partial charge on any atom is -0.368 e. The molecule has 0 amide bonds. The number of para-hydroxylation sites is 1. The fraction of sp³-hybridized carbons (Fsp3) is 0.412. The Morgan fingerprint density at radius 2 is 2.25 bits per heavy atom. The molecule has 1 aromatic carbocycles. The second kappa shape index (κ2) is 7.70. The summed E-state index contributed by atoms with van der Waals surface area (Å²) >= 11 is 3.64. The molecule has 128 valence electrons. The molecule has 1 saturated heterocycles. The molecule has 1 unspecified atom stereocenters. The minimum absolute atomic E-state index is 0.386. The van der Waals surface area contributed by atoms with Crippen LogP contribution in [0.5, 0.6) is 0 Å². The Balaban J connectivity index is 1.53. The van der Waals surface area contributed by atoms with Crippen molar-refractivity contribution in [1.29, 1.82) is 0 Å². The molecule has 1 fully saturated rings. The first-order valence-corrected chi connectivity index (χ1v) is 8.89. The smallest absolute Gasteiger partial charge is 0.191 e. The van der Waals surface area contributed by atoms with Crippen LogP contribution in [-0.2, 0) is 13.6 Å². The SMILES string of the molecule is CN=C(NCc1cnn(C)c1)NC1CCN(c2ccccc2Br)C1. The van der Waals surface area contributed by atoms with Gasteiger partial charge in [-0.05, 0) is 34.5 Å². The third-order valence-corrected chi connectivity index (χ3v) is 4.83. The number of halogens is 1. The maximum Gasteiger partial charge on any atom is 0.191 e. The van der Waals surface area contributed by atoms with Crippen molar-refractivity contribution in [2.75, 3.05) is 25.0 Å². The van der Waals surface area contributed by atoms with E-state index >= 15 is 0 Å². The minimum atomic E-state index is 0.386. The standard InChI is InChI=1S/C17H23BrN6/c1-19-17(20-9-13-10-21-23(2)11-13)22-14-7-8-24(12-14)16-6-4-3-5-15(16)18/h3-6,10-11,14H,7-9,12H2,1-2H3,(H2,19,20,22). The summed E-state index contributed by atoms with van der Waals surface area (Å²) in [6.45, 7) is 2.73. The van der Waals surface area contributed by atoms with Crippen molar-refractivity contribution in [2.24, 2.45) is 12.0 Å². The van der Waals surface area contributed by atoms with E-state index in [0.717, 1.165) is 35.5 Å². The fourth-order valence-corrected chi connectivity index (χ4v) is 3.48. The number of hydrogen-bond acceptors (Lipinski definition) is 3. The van der Waals surface area contributed by atoms with Gasteiger partial charge >= 0.3 is 0 Å². The highest BCUT2D eigenvalue weighted by Gasteiger charge is 2.24. The summed E-state index contributed by atoms with van der Waals surface area (Å²) in [7, 11) is 3.73. The van der Waals surface area contributed by atoms with Crippen LogP contribution in [0.4, 0.5) is 5.69 Å². The van der Waals surface area contributed by atoms with Gasteiger partial charge in [0.25, 0.3) is 0 Å². The van der Waals surface area contributed by atoms with Gasteiger partial charge in [0, 0.05) is 56.0 Å². The molecular formula is C17H23BrN6. The topological polar surface area (TPSA) is 57.5 Å². The zero-order valence-corrected chi connectivity index (χ0v) is 15.6. The highest BCUT2D eigenvalue weighted by atomic mass is 79.9. The fourth-order valence-electron chi connectivity index (χ4n) is 2.94. The Hall–Kier alpha value is -2.02. The Morgan fingerprint density at radius 3 is 2.96 bits per heavy atom. The highest BCUT2D eigenvalue weighted by Crippen LogP contribution is 2.28. The van der Waals surface area contributed by atoms with Crippen LogP contribution in [-0.4, -0.2) is 41.9 Å². The van der Waals surface area contributed by atoms with E-state index in [1.165, 1.54) is 5.69 Å². The maximum atomic E-state index is 4.33. The van der Waals surface area contributed by atoms with Gasteiger partial charge < -0.3 is 15.5 Å². The molecule has 1 atom stereocenters. The van der Waals surface area contributed by atoms with Gasteiger partial charge in [0.05, 0.1) is 11.9 Å². The molecule has 2 aromatic rings. The van der Waals surface area contributed by atoms with Gasteiger partial charge in [-0.3, -0.25) is 9.67 Å². The molecule has 0 radical (unpaired) electrons. The summed E-state index contributed by atoms with van der Waals surface area (Å²) < 4.78 is 2.95. The molecule has 0 bridgehead atoms. The van der Waals surface area contributed by atoms with Crippen LogP contribution < -0.4 is 15.5 Å². The second-order valence-corrected chi connectivity index (χ2v) is 6.83. The Kier molecular flexibility index (Phi) is 5.40. The van der Waals surface area contributed by atoms with Crippen LogP contribution >= 0.6 is 15.9 Å². The van der Waals surface area contributed by atoms with Gasteiger partial charge in [0.15, 0.2) is 5.96 Å². The average molecular weight is 391 g/mol. The average Bonchev–Trinajstić information content (AvgIpc) is 3.21. The van der Waals surface area contributed by atoms with Crippen LogP contribution in [0.2, 0.25) is 0 Å². The van der Waals surface area contributed by atoms with E-state index < -0.39 is 0 Å². The van der Waals surface area contributed by atoms with Gasteiger partial charge in [0.1, 0.15) is 0 Å². The van der Waals surface area contributed by atoms with Crippen molar-refractivity contribution in [3.05, 3.63) is 46.7 Å². The van der Waals surface area contributed by atoms with E-state index in [4.69, 9.17) is 0 Å². The van der Waals surface area contributed by atoms with Crippen molar-refractivity contribution in [1.82, 2.24) is 20.4 Å². The summed E-state index contributed by atoms with van der Waals surface area (Å²) in [5, 5.41) is 11.0. The number of aromatic nitrogens is 2. The number of anilines is 1. The molecule has 1 aliphatic rings. The summed E-state index contributed by atoms with van der Waals surface area (Å²) in [6.07, 6.45) is 4.96. The van der Waals surface area contributed by atoms with Crippen molar-refractivity contribution >= 4 is 27.6 Å². The first kappa shape index (κ1) is 16.8. The third kappa shape index (κ3) is 4.08. The molecule has 24 heavy (non-hydrogen) atoms. The molecule has 1 aromatic heterocycles. The van der Waals surface area contributed by atoms with Gasteiger partial charge in [-0.2, -0.15) is 5.10 Å². The van der Waals surface area contributed by atoms with Crippen molar-refractivity contribution in [3.63, 3.8) is 0 Å². The molecule has 6 nitrogen and oxygen atoms in total. The van der Waals surface area contributed by atoms with Gasteiger partial charge in [0.2, 0.25) is 0 Å². The molecular weight excluding hydrogens is 368 g/mol. The largest absolute Gasteiger partial charge is 0.368 e. The maximum absolute atomic E-state index is 4.33. The highest BCUT2D eigenvalue weighted by molar-refractivity contribution is 9.10. The lowest BCUT2D eigenvalue weighted by atomic mass is 10.2. The number of aryl methyl sites for hydroxylation is 1. The molecule has 0 spiro atoms. The Morgan fingerprint density at radius 1 is 1.42 bits per heavy atom. The van der Waals surface area contributed by atoms with Crippen LogP contribution in [0.3, 0.4) is 0 Å². The molecule has 2 heterocycles. The number of aliphatic imine (C=N–C) groups is 1. The number of rotatable bonds is 4. The summed E-state index contributed by atoms with van der Waals surface area (Å²) in [5.74, 6) is 0.831. The zero-order chi connectivity index (χ0) is 16.9. The molecule has 3 rings (SSSR count). The molecule has 0 saturated carbocycles. The van der Waals surface area contributed by atoms with Gasteiger partial charge in [-0.25, -0.2) is 0 Å². The summed E-state index contributed by atoms with van der Waals surface area (Å²) in [4.78, 5) is 6.73. The number of hydrogen-bond donors (Lipinski definition) is 2. The quantitative estimate of drug-likeness (QED) is 0.620. The Bertz CT molecular complexity index is 711. The van der Waals surface area contributed by atoms with E-state index in [2.05, 4.69) is 59.8 Å². The lowest BCUT2D eigenvalue weighted by molar-refractivity contribution is 0.648. The van der Waals surface area contributed by atoms with Crippen LogP contribution in [0, 0.1) is 0 Å². The first-order valence-electron chi connectivity index (χ1n) is 8.10. The lowest BCUT2D eigenvalue weighted by Crippen LogP contribution is -2.44. The van der Waals surface area contributed by atoms with E-state index in [0.29, 0.717) is 12.6 Å². The van der Waals surface area contributed by atoms with E-state index in [1.54, 1.807) is 11.7 Å². The summed E-state index contributed by atoms with van der Waals surface area (Å²) in [6, 6.07) is 8.75. The monoisotopic (exact) mass is 390 g/mol. The summed E-state index contributed by atoms with van der Waals surface area (Å²) in [5.41, 5.74) is 2.39. The van der Waals surface area contributed by atoms with Crippen molar-refractivity contribution < 1.29 is 0 Å². The van der Waals surface area contributed by atoms with Gasteiger partial charge in [-0.15, -0.1) is 0 Å². The van der Waals surface area contributed by atoms with Crippen LogP contribution in [0.15, 0.2) is 46.1 Å². The van der Waals surface area contributed by atoms with Crippen molar-refractivity contribution in [2.45, 2.75) is 19.0 Å². The molecule has 2 N–H and O–H groups in total. The van der Waals surface area contributed by atoms with Gasteiger partial charge in [-0.1, -0.05) is 12.1 Å². The predicted octanol–water partition coefficient (Wildman–Crippen LogP) is 2.13. The number of benzene rings is 1. The van der Waals surface area contributed by atoms with Crippen LogP contribution in [0.25, 0.3) is 0 Å². The number of guanidine groups is 1. The third-order valence-electron chi connectivity index (χ3n) is 4.16. The number of nitrogens with zero attached hydrogens (tertiary/aromatic N) is 4. The molecule has 0 aliphatic carbocycles. The van der Waals surface area contributed by atoms with E-state index in [9.17, 15) is 0 Å². The lowest BCUT2D eigenvalue weighted by Gasteiger charge is -2.21. The van der Waals surface area contributed by atoms with E-state index in [-0.39, 0.29) is 0 Å². The van der Waals surface area contributed by atoms with Crippen LogP contribution in [0.1, 0.15) is 12.0 Å². The van der Waals surface area contributed by atoms with E-state index in [1.807, 2.05) is 25.5 Å². The second-order valence-electron chi connectivity index (χ2n) is 5.98. The predicted molar refractivity (Wildman–Crippen MR) is 101 cm³/mol. The Labute approximate surface area is 151 Å². The molecule has 7 heteroatoms. The van der Waals surface area contributed by atoms with Crippen molar-refractivity contribution in [3.8, 4) is 0 Å². The number of nitrogens with one attached hydrogen (secondary N) is 2. The zero-order valence-electron chi connectivity index (χ0n) is 14.0. The normalized spacial score (nSPS) is 18.0. The molecule has 1 aliphatic heterocycles. The first-order chi connectivity index (χ1) is 11.7.